The van der Waals surface area contributed by atoms with Crippen molar-refractivity contribution in [2.45, 2.75) is 128 Å². The van der Waals surface area contributed by atoms with Gasteiger partial charge in [-0.05, 0) is 12.2 Å². The lowest BCUT2D eigenvalue weighted by Gasteiger charge is -2.15. The Labute approximate surface area is 201 Å². The molecule has 0 bridgehead atoms. The molecular weight excluding hydrogens is 455 g/mol. The van der Waals surface area contributed by atoms with Gasteiger partial charge < -0.3 is 4.74 Å². The molecule has 0 fully saturated rings. The fourth-order valence-corrected chi connectivity index (χ4v) is 4.75. The van der Waals surface area contributed by atoms with Gasteiger partial charge in [-0.3, -0.25) is 0 Å². The highest BCUT2D eigenvalue weighted by Crippen LogP contribution is 2.34. The molecule has 0 amide bonds. The van der Waals surface area contributed by atoms with Gasteiger partial charge in [-0.25, -0.2) is 8.78 Å². The third-order valence-electron chi connectivity index (χ3n) is 5.62. The van der Waals surface area contributed by atoms with E-state index in [2.05, 4.69) is 11.7 Å². The van der Waals surface area contributed by atoms with Crippen molar-refractivity contribution in [1.29, 1.82) is 0 Å². The molecular formula is C26H41F5OS. The molecule has 1 aromatic rings. The smallest absolute Gasteiger partial charge is 0.395 e. The van der Waals surface area contributed by atoms with Gasteiger partial charge in [0.1, 0.15) is 5.82 Å². The molecule has 0 heterocycles. The van der Waals surface area contributed by atoms with E-state index in [1.54, 1.807) is 0 Å². The summed E-state index contributed by atoms with van der Waals surface area (Å²) in [7, 11) is 0. The van der Waals surface area contributed by atoms with E-state index in [0.29, 0.717) is 18.7 Å². The summed E-state index contributed by atoms with van der Waals surface area (Å²) in [5, 5.41) is 0. The Kier molecular flexibility index (Phi) is 15.9. The molecule has 33 heavy (non-hydrogen) atoms. The summed E-state index contributed by atoms with van der Waals surface area (Å²) in [6, 6.07) is 0.478. The number of halogens is 5. The largest absolute Gasteiger partial charge is 0.429 e. The topological polar surface area (TPSA) is 9.23 Å². The number of hydrogen-bond acceptors (Lipinski definition) is 2. The van der Waals surface area contributed by atoms with Crippen LogP contribution in [0, 0.1) is 17.5 Å². The average molecular weight is 497 g/mol. The highest BCUT2D eigenvalue weighted by molar-refractivity contribution is 7.99. The first-order chi connectivity index (χ1) is 15.8. The van der Waals surface area contributed by atoms with Crippen LogP contribution in [0.4, 0.5) is 22.0 Å². The van der Waals surface area contributed by atoms with Crippen LogP contribution >= 0.6 is 11.8 Å². The second kappa shape index (κ2) is 17.5. The number of alkyl halides is 2. The molecule has 0 atom stereocenters. The van der Waals surface area contributed by atoms with Crippen LogP contribution in [0.2, 0.25) is 0 Å². The maximum Gasteiger partial charge on any atom is 0.395 e. The Morgan fingerprint density at radius 1 is 0.697 bits per heavy atom. The van der Waals surface area contributed by atoms with Crippen LogP contribution in [0.25, 0.3) is 0 Å². The molecule has 0 aromatic heterocycles. The molecule has 1 aromatic carbocycles. The highest BCUT2D eigenvalue weighted by atomic mass is 32.2. The van der Waals surface area contributed by atoms with E-state index < -0.39 is 34.2 Å². The predicted octanol–water partition coefficient (Wildman–Crippen LogP) is 10.4. The molecule has 0 aliphatic carbocycles. The van der Waals surface area contributed by atoms with Gasteiger partial charge in [0.05, 0.1) is 4.90 Å². The second-order valence-corrected chi connectivity index (χ2v) is 9.98. The Balaban J connectivity index is 2.05. The van der Waals surface area contributed by atoms with Gasteiger partial charge in [0.15, 0.2) is 11.6 Å². The van der Waals surface area contributed by atoms with E-state index in [0.717, 1.165) is 37.4 Å². The average Bonchev–Trinajstić information content (AvgIpc) is 2.75. The van der Waals surface area contributed by atoms with Crippen LogP contribution in [0.15, 0.2) is 11.0 Å². The highest BCUT2D eigenvalue weighted by Gasteiger charge is 2.28. The van der Waals surface area contributed by atoms with Crippen molar-refractivity contribution in [1.82, 2.24) is 0 Å². The van der Waals surface area contributed by atoms with E-state index in [4.69, 9.17) is 0 Å². The first-order valence-electron chi connectivity index (χ1n) is 12.6. The van der Waals surface area contributed by atoms with Gasteiger partial charge >= 0.3 is 6.11 Å². The summed E-state index contributed by atoms with van der Waals surface area (Å²) in [6.07, 6.45) is 16.2. The summed E-state index contributed by atoms with van der Waals surface area (Å²) < 4.78 is 71.6. The summed E-state index contributed by atoms with van der Waals surface area (Å²) >= 11 is 0.868. The maximum atomic E-state index is 14.0. The molecule has 0 saturated heterocycles. The number of benzene rings is 1. The predicted molar refractivity (Wildman–Crippen MR) is 128 cm³/mol. The fraction of sp³-hybridized carbons (Fsp3) is 0.769. The second-order valence-electron chi connectivity index (χ2n) is 8.88. The van der Waals surface area contributed by atoms with E-state index in [1.165, 1.54) is 77.0 Å². The molecule has 0 N–H and O–H groups in total. The SMILES string of the molecule is CCCCCCCCCCCCCCCCCCSc1c(F)cc(OC(C)(F)F)c(F)c1F. The number of ether oxygens (including phenoxy) is 1. The van der Waals surface area contributed by atoms with Crippen LogP contribution in [-0.4, -0.2) is 11.9 Å². The van der Waals surface area contributed by atoms with Crippen molar-refractivity contribution in [3.63, 3.8) is 0 Å². The van der Waals surface area contributed by atoms with E-state index in [1.807, 2.05) is 0 Å². The van der Waals surface area contributed by atoms with Gasteiger partial charge in [0.2, 0.25) is 5.82 Å². The summed E-state index contributed by atoms with van der Waals surface area (Å²) in [5.74, 6) is -4.84. The van der Waals surface area contributed by atoms with Gasteiger partial charge in [-0.15, -0.1) is 11.8 Å². The van der Waals surface area contributed by atoms with Crippen molar-refractivity contribution < 1.29 is 26.7 Å². The van der Waals surface area contributed by atoms with Crippen molar-refractivity contribution in [2.75, 3.05) is 5.75 Å². The lowest BCUT2D eigenvalue weighted by atomic mass is 10.0. The van der Waals surface area contributed by atoms with Crippen LogP contribution in [0.1, 0.15) is 117 Å². The van der Waals surface area contributed by atoms with Crippen LogP contribution in [0.5, 0.6) is 5.75 Å². The van der Waals surface area contributed by atoms with E-state index in [-0.39, 0.29) is 0 Å². The molecule has 7 heteroatoms. The minimum atomic E-state index is -3.72. The summed E-state index contributed by atoms with van der Waals surface area (Å²) in [4.78, 5) is -0.486. The zero-order valence-corrected chi connectivity index (χ0v) is 21.1. The van der Waals surface area contributed by atoms with Crippen molar-refractivity contribution >= 4 is 11.8 Å². The zero-order chi connectivity index (χ0) is 24.5. The lowest BCUT2D eigenvalue weighted by molar-refractivity contribution is -0.160. The molecule has 0 radical (unpaired) electrons. The van der Waals surface area contributed by atoms with Crippen LogP contribution in [-0.2, 0) is 0 Å². The monoisotopic (exact) mass is 496 g/mol. The van der Waals surface area contributed by atoms with Gasteiger partial charge in [0, 0.05) is 13.0 Å². The molecule has 0 aliphatic heterocycles. The van der Waals surface area contributed by atoms with Gasteiger partial charge in [-0.1, -0.05) is 103 Å². The fourth-order valence-electron chi connectivity index (χ4n) is 3.78. The van der Waals surface area contributed by atoms with Crippen molar-refractivity contribution in [3.8, 4) is 5.75 Å². The first-order valence-corrected chi connectivity index (χ1v) is 13.6. The van der Waals surface area contributed by atoms with Crippen molar-refractivity contribution in [2.24, 2.45) is 0 Å². The molecule has 192 valence electrons. The number of rotatable bonds is 20. The minimum Gasteiger partial charge on any atom is -0.429 e. The molecule has 1 nitrogen and oxygen atoms in total. The number of hydrogen-bond donors (Lipinski definition) is 0. The third-order valence-corrected chi connectivity index (χ3v) is 6.77. The molecule has 0 saturated carbocycles. The molecule has 0 unspecified atom stereocenters. The number of unbranched alkanes of at least 4 members (excludes halogenated alkanes) is 15. The minimum absolute atomic E-state index is 0.377. The Morgan fingerprint density at radius 2 is 1.12 bits per heavy atom. The first kappa shape index (κ1) is 30.1. The Morgan fingerprint density at radius 3 is 1.55 bits per heavy atom. The lowest BCUT2D eigenvalue weighted by Crippen LogP contribution is -2.20. The zero-order valence-electron chi connectivity index (χ0n) is 20.3. The molecule has 0 aliphatic rings. The third kappa shape index (κ3) is 14.1. The van der Waals surface area contributed by atoms with Crippen molar-refractivity contribution in [3.05, 3.63) is 23.5 Å². The molecule has 1 rings (SSSR count). The van der Waals surface area contributed by atoms with Crippen LogP contribution in [0.3, 0.4) is 0 Å². The summed E-state index contributed by atoms with van der Waals surface area (Å²) in [6.45, 7) is 2.62. The summed E-state index contributed by atoms with van der Waals surface area (Å²) in [5.41, 5.74) is 0. The number of thioether (sulfide) groups is 1. The Bertz CT molecular complexity index is 649. The maximum absolute atomic E-state index is 14.0. The van der Waals surface area contributed by atoms with Crippen LogP contribution < -0.4 is 4.74 Å². The van der Waals surface area contributed by atoms with E-state index in [9.17, 15) is 22.0 Å². The molecule has 0 spiro atoms. The van der Waals surface area contributed by atoms with Gasteiger partial charge in [-0.2, -0.15) is 13.2 Å². The van der Waals surface area contributed by atoms with E-state index >= 15 is 0 Å². The standard InChI is InChI=1S/C26H41F5OS/c1-3-4-5-6-7-8-9-10-11-12-13-14-15-16-17-18-19-33-25-21(27)20-22(23(28)24(25)29)32-26(2,30)31/h20H,3-19H2,1-2H3. The van der Waals surface area contributed by atoms with Gasteiger partial charge in [0.25, 0.3) is 0 Å². The Hall–Kier alpha value is -0.980. The quantitative estimate of drug-likeness (QED) is 0.0768. The normalized spacial score (nSPS) is 11.8.